The Morgan fingerprint density at radius 2 is 2.18 bits per heavy atom. The van der Waals surface area contributed by atoms with Crippen LogP contribution < -0.4 is 10.6 Å². The molecule has 0 spiro atoms. The van der Waals surface area contributed by atoms with Crippen LogP contribution in [0.1, 0.15) is 13.3 Å². The quantitative estimate of drug-likeness (QED) is 0.364. The lowest BCUT2D eigenvalue weighted by molar-refractivity contribution is 0.727. The lowest BCUT2D eigenvalue weighted by atomic mass is 10.1. The van der Waals surface area contributed by atoms with E-state index >= 15 is 0 Å². The van der Waals surface area contributed by atoms with Gasteiger partial charge in [-0.2, -0.15) is 0 Å². The third kappa shape index (κ3) is 7.30. The van der Waals surface area contributed by atoms with E-state index < -0.39 is 0 Å². The summed E-state index contributed by atoms with van der Waals surface area (Å²) in [7, 11) is 1.86. The van der Waals surface area contributed by atoms with Gasteiger partial charge in [-0.25, -0.2) is 0 Å². The maximum atomic E-state index is 4.01. The summed E-state index contributed by atoms with van der Waals surface area (Å²) >= 11 is 0. The van der Waals surface area contributed by atoms with Crippen molar-refractivity contribution in [3.05, 3.63) is 48.4 Å². The van der Waals surface area contributed by atoms with Crippen LogP contribution in [-0.2, 0) is 0 Å². The number of nitrogens with one attached hydrogen (secondary N) is 2. The van der Waals surface area contributed by atoms with Gasteiger partial charge in [0.05, 0.1) is 5.70 Å². The molecule has 0 atom stereocenters. The third-order valence-corrected chi connectivity index (χ3v) is 2.09. The van der Waals surface area contributed by atoms with Crippen LogP contribution in [0.5, 0.6) is 0 Å². The molecule has 0 heterocycles. The third-order valence-electron chi connectivity index (χ3n) is 2.09. The molecule has 0 aliphatic heterocycles. The van der Waals surface area contributed by atoms with E-state index in [1.54, 1.807) is 6.08 Å². The number of hydrogen-bond acceptors (Lipinski definition) is 3. The number of hydrogen-bond donors (Lipinski definition) is 2. The van der Waals surface area contributed by atoms with Crippen LogP contribution in [0.4, 0.5) is 0 Å². The average molecular weight is 233 g/mol. The summed E-state index contributed by atoms with van der Waals surface area (Å²) in [5, 5.41) is 6.22. The molecular weight excluding hydrogens is 210 g/mol. The molecule has 2 N–H and O–H groups in total. The Kier molecular flexibility index (Phi) is 9.86. The normalized spacial score (nSPS) is 12.8. The summed E-state index contributed by atoms with van der Waals surface area (Å²) in [6, 6.07) is 0. The zero-order chi connectivity index (χ0) is 12.9. The van der Waals surface area contributed by atoms with Crippen molar-refractivity contribution in [1.82, 2.24) is 10.6 Å². The zero-order valence-corrected chi connectivity index (χ0v) is 10.9. The van der Waals surface area contributed by atoms with Gasteiger partial charge >= 0.3 is 0 Å². The van der Waals surface area contributed by atoms with E-state index in [0.717, 1.165) is 30.8 Å². The smallest absolute Gasteiger partial charge is 0.0667 e. The van der Waals surface area contributed by atoms with Crippen molar-refractivity contribution in [2.75, 3.05) is 20.1 Å². The second-order valence-electron chi connectivity index (χ2n) is 3.43. The molecule has 0 fully saturated rings. The Bertz CT molecular complexity index is 311. The van der Waals surface area contributed by atoms with Gasteiger partial charge in [-0.1, -0.05) is 25.7 Å². The summed E-state index contributed by atoms with van der Waals surface area (Å²) in [6.45, 7) is 11.3. The lowest BCUT2D eigenvalue weighted by Gasteiger charge is -2.03. The van der Waals surface area contributed by atoms with E-state index in [-0.39, 0.29) is 0 Å². The second-order valence-corrected chi connectivity index (χ2v) is 3.43. The van der Waals surface area contributed by atoms with Crippen LogP contribution in [0, 0.1) is 0 Å². The maximum absolute atomic E-state index is 4.01. The van der Waals surface area contributed by atoms with Crippen LogP contribution in [-0.4, -0.2) is 26.9 Å². The van der Waals surface area contributed by atoms with Crippen LogP contribution in [0.2, 0.25) is 0 Å². The second kappa shape index (κ2) is 10.9. The first-order valence-electron chi connectivity index (χ1n) is 5.84. The van der Waals surface area contributed by atoms with Crippen molar-refractivity contribution in [1.29, 1.82) is 0 Å². The van der Waals surface area contributed by atoms with Crippen molar-refractivity contribution in [3.63, 3.8) is 0 Å². The summed E-state index contributed by atoms with van der Waals surface area (Å²) < 4.78 is 0. The molecule has 0 aromatic heterocycles. The van der Waals surface area contributed by atoms with E-state index in [2.05, 4.69) is 35.8 Å². The minimum atomic E-state index is 0.795. The SMILES string of the molecule is C=CC(=C\C=C\NC)/C(=C/CNCCC)N=C. The Hall–Kier alpha value is -1.61. The first kappa shape index (κ1) is 15.4. The zero-order valence-electron chi connectivity index (χ0n) is 10.9. The van der Waals surface area contributed by atoms with Crippen molar-refractivity contribution in [3.8, 4) is 0 Å². The highest BCUT2D eigenvalue weighted by atomic mass is 14.8. The van der Waals surface area contributed by atoms with Gasteiger partial charge in [-0.15, -0.1) is 0 Å². The highest BCUT2D eigenvalue weighted by molar-refractivity contribution is 5.45. The number of aliphatic imine (C=N–C) groups is 1. The first-order chi connectivity index (χ1) is 8.29. The Labute approximate surface area is 105 Å². The monoisotopic (exact) mass is 233 g/mol. The molecule has 0 rings (SSSR count). The molecule has 0 unspecified atom stereocenters. The fourth-order valence-corrected chi connectivity index (χ4v) is 1.23. The molecule has 0 saturated carbocycles. The van der Waals surface area contributed by atoms with E-state index in [4.69, 9.17) is 0 Å². The minimum absolute atomic E-state index is 0.795. The summed E-state index contributed by atoms with van der Waals surface area (Å²) in [6.07, 6.45) is 10.6. The lowest BCUT2D eigenvalue weighted by Crippen LogP contribution is -2.14. The molecule has 0 aliphatic carbocycles. The molecular formula is C14H23N3. The molecule has 3 nitrogen and oxygen atoms in total. The van der Waals surface area contributed by atoms with Crippen LogP contribution >= 0.6 is 0 Å². The van der Waals surface area contributed by atoms with Gasteiger partial charge in [0.15, 0.2) is 0 Å². The van der Waals surface area contributed by atoms with E-state index in [0.29, 0.717) is 0 Å². The van der Waals surface area contributed by atoms with Crippen LogP contribution in [0.3, 0.4) is 0 Å². The van der Waals surface area contributed by atoms with Crippen molar-refractivity contribution in [2.24, 2.45) is 4.99 Å². The molecule has 0 aromatic rings. The molecule has 94 valence electrons. The summed E-state index contributed by atoms with van der Waals surface area (Å²) in [5.41, 5.74) is 1.81. The van der Waals surface area contributed by atoms with Crippen LogP contribution in [0.25, 0.3) is 0 Å². The highest BCUT2D eigenvalue weighted by Crippen LogP contribution is 2.11. The van der Waals surface area contributed by atoms with E-state index in [1.165, 1.54) is 0 Å². The number of rotatable bonds is 9. The predicted octanol–water partition coefficient (Wildman–Crippen LogP) is 2.42. The largest absolute Gasteiger partial charge is 0.394 e. The number of allylic oxidation sites excluding steroid dienone is 3. The summed E-state index contributed by atoms with van der Waals surface area (Å²) in [5.74, 6) is 0. The standard InChI is InChI=1S/C14H23N3/c1-5-10-17-12-9-14(16-4)13(6-2)8-7-11-15-3/h6-9,11,15,17H,2,4-5,10,12H2,1,3H3/b11-7+,13-8+,14-9-. The van der Waals surface area contributed by atoms with Gasteiger partial charge in [-0.05, 0) is 43.6 Å². The molecule has 0 radical (unpaired) electrons. The molecule has 17 heavy (non-hydrogen) atoms. The molecule has 0 bridgehead atoms. The van der Waals surface area contributed by atoms with Gasteiger partial charge in [0, 0.05) is 13.6 Å². The van der Waals surface area contributed by atoms with Crippen molar-refractivity contribution < 1.29 is 0 Å². The topological polar surface area (TPSA) is 36.4 Å². The van der Waals surface area contributed by atoms with Crippen LogP contribution in [0.15, 0.2) is 53.3 Å². The highest BCUT2D eigenvalue weighted by Gasteiger charge is 1.96. The first-order valence-corrected chi connectivity index (χ1v) is 5.84. The van der Waals surface area contributed by atoms with E-state index in [9.17, 15) is 0 Å². The maximum Gasteiger partial charge on any atom is 0.0667 e. The van der Waals surface area contributed by atoms with Gasteiger partial charge in [0.25, 0.3) is 0 Å². The van der Waals surface area contributed by atoms with Gasteiger partial charge in [0.1, 0.15) is 0 Å². The Morgan fingerprint density at radius 3 is 2.71 bits per heavy atom. The minimum Gasteiger partial charge on any atom is -0.394 e. The van der Waals surface area contributed by atoms with Crippen molar-refractivity contribution >= 4 is 6.72 Å². The van der Waals surface area contributed by atoms with Crippen molar-refractivity contribution in [2.45, 2.75) is 13.3 Å². The van der Waals surface area contributed by atoms with Gasteiger partial charge in [0.2, 0.25) is 0 Å². The molecule has 0 amide bonds. The molecule has 0 saturated heterocycles. The van der Waals surface area contributed by atoms with Gasteiger partial charge < -0.3 is 10.6 Å². The predicted molar refractivity (Wildman–Crippen MR) is 77.3 cm³/mol. The fourth-order valence-electron chi connectivity index (χ4n) is 1.23. The number of nitrogens with zero attached hydrogens (tertiary/aromatic N) is 1. The average Bonchev–Trinajstić information content (AvgIpc) is 2.36. The Morgan fingerprint density at radius 1 is 1.41 bits per heavy atom. The molecule has 0 aromatic carbocycles. The fraction of sp³-hybridized carbons (Fsp3) is 0.357. The Balaban J connectivity index is 4.57. The summed E-state index contributed by atoms with van der Waals surface area (Å²) in [4.78, 5) is 4.01. The molecule has 3 heteroatoms. The van der Waals surface area contributed by atoms with Gasteiger partial charge in [-0.3, -0.25) is 4.99 Å². The molecule has 0 aliphatic rings. The van der Waals surface area contributed by atoms with E-state index in [1.807, 2.05) is 31.5 Å².